The van der Waals surface area contributed by atoms with Gasteiger partial charge in [0.15, 0.2) is 11.5 Å². The van der Waals surface area contributed by atoms with E-state index in [-0.39, 0.29) is 6.10 Å². The molecule has 1 atom stereocenters. The summed E-state index contributed by atoms with van der Waals surface area (Å²) in [4.78, 5) is 0. The van der Waals surface area contributed by atoms with Crippen LogP contribution in [0.3, 0.4) is 0 Å². The number of benzene rings is 1. The molecule has 114 valence electrons. The van der Waals surface area contributed by atoms with Crippen LogP contribution in [-0.4, -0.2) is 32.2 Å². The molecule has 1 saturated carbocycles. The maximum absolute atomic E-state index is 6.00. The van der Waals surface area contributed by atoms with Crippen molar-refractivity contribution in [3.63, 3.8) is 0 Å². The second kappa shape index (κ2) is 5.73. The molecule has 1 aliphatic carbocycles. The Balaban J connectivity index is 1.47. The summed E-state index contributed by atoms with van der Waals surface area (Å²) in [5, 5.41) is 3.52. The van der Waals surface area contributed by atoms with Crippen molar-refractivity contribution in [3.8, 4) is 17.2 Å². The van der Waals surface area contributed by atoms with Crippen LogP contribution in [0.5, 0.6) is 17.2 Å². The lowest BCUT2D eigenvalue weighted by molar-refractivity contribution is 0.0675. The highest BCUT2D eigenvalue weighted by Crippen LogP contribution is 2.38. The number of hydrogen-bond acceptors (Lipinski definition) is 5. The molecule has 0 bridgehead atoms. The van der Waals surface area contributed by atoms with E-state index < -0.39 is 0 Å². The lowest BCUT2D eigenvalue weighted by atomic mass is 10.1. The van der Waals surface area contributed by atoms with Crippen LogP contribution in [0.4, 0.5) is 0 Å². The molecule has 1 N–H and O–H groups in total. The quantitative estimate of drug-likeness (QED) is 0.871. The van der Waals surface area contributed by atoms with Gasteiger partial charge in [-0.05, 0) is 31.7 Å². The Labute approximate surface area is 124 Å². The third-order valence-electron chi connectivity index (χ3n) is 4.16. The number of hydrogen-bond donors (Lipinski definition) is 1. The van der Waals surface area contributed by atoms with E-state index in [1.165, 1.54) is 12.8 Å². The van der Waals surface area contributed by atoms with E-state index in [1.54, 1.807) is 0 Å². The molecule has 5 heteroatoms. The predicted molar refractivity (Wildman–Crippen MR) is 76.9 cm³/mol. The average molecular weight is 291 g/mol. The first-order valence-corrected chi connectivity index (χ1v) is 7.79. The third-order valence-corrected chi connectivity index (χ3v) is 4.16. The number of rotatable bonds is 6. The van der Waals surface area contributed by atoms with Crippen molar-refractivity contribution in [3.05, 3.63) is 17.7 Å². The number of fused-ring (bicyclic) bond motifs is 1. The number of nitrogens with one attached hydrogen (secondary N) is 1. The first-order chi connectivity index (χ1) is 10.4. The molecule has 2 aliphatic heterocycles. The van der Waals surface area contributed by atoms with E-state index in [1.807, 2.05) is 12.1 Å². The van der Waals surface area contributed by atoms with E-state index >= 15 is 0 Å². The van der Waals surface area contributed by atoms with Gasteiger partial charge in [0.25, 0.3) is 0 Å². The molecular weight excluding hydrogens is 270 g/mol. The summed E-state index contributed by atoms with van der Waals surface area (Å²) in [6.07, 6.45) is 4.98. The van der Waals surface area contributed by atoms with Crippen LogP contribution < -0.4 is 19.5 Å². The van der Waals surface area contributed by atoms with E-state index in [4.69, 9.17) is 18.9 Å². The van der Waals surface area contributed by atoms with Crippen molar-refractivity contribution in [2.24, 2.45) is 0 Å². The average Bonchev–Trinajstić information content (AvgIpc) is 3.00. The second-order valence-electron chi connectivity index (χ2n) is 5.91. The fraction of sp³-hybridized carbons (Fsp3) is 0.625. The van der Waals surface area contributed by atoms with Crippen LogP contribution in [0.15, 0.2) is 12.1 Å². The normalized spacial score (nSPS) is 23.5. The van der Waals surface area contributed by atoms with Gasteiger partial charge < -0.3 is 24.3 Å². The summed E-state index contributed by atoms with van der Waals surface area (Å²) >= 11 is 0. The fourth-order valence-corrected chi connectivity index (χ4v) is 2.74. The topological polar surface area (TPSA) is 49.0 Å². The molecule has 4 rings (SSSR count). The van der Waals surface area contributed by atoms with Crippen LogP contribution in [0.2, 0.25) is 0 Å². The van der Waals surface area contributed by atoms with Crippen LogP contribution in [0.1, 0.15) is 31.2 Å². The highest BCUT2D eigenvalue weighted by atomic mass is 16.7. The highest BCUT2D eigenvalue weighted by molar-refractivity contribution is 5.51. The smallest absolute Gasteiger partial charge is 0.231 e. The SMILES string of the molecule is c1c(CNC2CC2)c(OCC2CCCO2)cc2c1OCO2. The maximum Gasteiger partial charge on any atom is 0.231 e. The molecule has 21 heavy (non-hydrogen) atoms. The van der Waals surface area contributed by atoms with E-state index in [2.05, 4.69) is 5.32 Å². The minimum absolute atomic E-state index is 0.222. The molecule has 1 unspecified atom stereocenters. The van der Waals surface area contributed by atoms with Gasteiger partial charge in [0, 0.05) is 30.8 Å². The first-order valence-electron chi connectivity index (χ1n) is 7.79. The van der Waals surface area contributed by atoms with Crippen LogP contribution >= 0.6 is 0 Å². The zero-order valence-corrected chi connectivity index (χ0v) is 12.1. The van der Waals surface area contributed by atoms with E-state index in [0.29, 0.717) is 19.4 Å². The standard InChI is InChI=1S/C16H21NO4/c1-2-13(18-5-1)9-19-14-7-16-15(20-10-21-16)6-11(14)8-17-12-3-4-12/h6-7,12-13,17H,1-5,8-10H2. The highest BCUT2D eigenvalue weighted by Gasteiger charge is 2.23. The van der Waals surface area contributed by atoms with Gasteiger partial charge in [-0.25, -0.2) is 0 Å². The van der Waals surface area contributed by atoms with Crippen molar-refractivity contribution in [2.75, 3.05) is 20.0 Å². The van der Waals surface area contributed by atoms with Gasteiger partial charge in [0.05, 0.1) is 6.10 Å². The van der Waals surface area contributed by atoms with Crippen molar-refractivity contribution >= 4 is 0 Å². The van der Waals surface area contributed by atoms with Gasteiger partial charge in [-0.15, -0.1) is 0 Å². The molecule has 0 radical (unpaired) electrons. The molecule has 0 spiro atoms. The van der Waals surface area contributed by atoms with Crippen molar-refractivity contribution in [2.45, 2.75) is 44.4 Å². The number of ether oxygens (including phenoxy) is 4. The van der Waals surface area contributed by atoms with Crippen LogP contribution in [-0.2, 0) is 11.3 Å². The molecule has 5 nitrogen and oxygen atoms in total. The van der Waals surface area contributed by atoms with Gasteiger partial charge in [-0.2, -0.15) is 0 Å². The van der Waals surface area contributed by atoms with Gasteiger partial charge >= 0.3 is 0 Å². The molecular formula is C16H21NO4. The molecule has 2 heterocycles. The Bertz CT molecular complexity index is 509. The zero-order chi connectivity index (χ0) is 14.1. The van der Waals surface area contributed by atoms with Crippen molar-refractivity contribution < 1.29 is 18.9 Å². The minimum Gasteiger partial charge on any atom is -0.490 e. The Morgan fingerprint density at radius 1 is 1.14 bits per heavy atom. The van der Waals surface area contributed by atoms with E-state index in [9.17, 15) is 0 Å². The molecule has 0 aromatic heterocycles. The lowest BCUT2D eigenvalue weighted by Gasteiger charge is -2.16. The summed E-state index contributed by atoms with van der Waals surface area (Å²) in [7, 11) is 0. The fourth-order valence-electron chi connectivity index (χ4n) is 2.74. The van der Waals surface area contributed by atoms with Gasteiger partial charge in [0.1, 0.15) is 12.4 Å². The summed E-state index contributed by atoms with van der Waals surface area (Å²) in [5.41, 5.74) is 1.13. The van der Waals surface area contributed by atoms with Crippen molar-refractivity contribution in [1.29, 1.82) is 0 Å². The van der Waals surface area contributed by atoms with Gasteiger partial charge in [-0.3, -0.25) is 0 Å². The summed E-state index contributed by atoms with van der Waals surface area (Å²) in [5.74, 6) is 2.46. The van der Waals surface area contributed by atoms with Crippen molar-refractivity contribution in [1.82, 2.24) is 5.32 Å². The molecule has 0 amide bonds. The maximum atomic E-state index is 6.00. The second-order valence-corrected chi connectivity index (χ2v) is 5.91. The molecule has 1 saturated heterocycles. The van der Waals surface area contributed by atoms with Gasteiger partial charge in [-0.1, -0.05) is 0 Å². The minimum atomic E-state index is 0.222. The molecule has 2 fully saturated rings. The monoisotopic (exact) mass is 291 g/mol. The first kappa shape index (κ1) is 13.2. The summed E-state index contributed by atoms with van der Waals surface area (Å²) in [6.45, 7) is 2.56. The Morgan fingerprint density at radius 2 is 2.00 bits per heavy atom. The van der Waals surface area contributed by atoms with Crippen LogP contribution in [0.25, 0.3) is 0 Å². The Hall–Kier alpha value is -1.46. The lowest BCUT2D eigenvalue weighted by Crippen LogP contribution is -2.19. The third kappa shape index (κ3) is 3.09. The summed E-state index contributed by atoms with van der Waals surface area (Å²) < 4.78 is 22.5. The molecule has 1 aromatic carbocycles. The van der Waals surface area contributed by atoms with Gasteiger partial charge in [0.2, 0.25) is 6.79 Å². The molecule has 1 aromatic rings. The van der Waals surface area contributed by atoms with E-state index in [0.717, 1.165) is 48.8 Å². The van der Waals surface area contributed by atoms with Crippen LogP contribution in [0, 0.1) is 0 Å². The molecule has 3 aliphatic rings. The predicted octanol–water partition coefficient (Wildman–Crippen LogP) is 2.23. The largest absolute Gasteiger partial charge is 0.490 e. The zero-order valence-electron chi connectivity index (χ0n) is 12.1. The summed E-state index contributed by atoms with van der Waals surface area (Å²) in [6, 6.07) is 4.64. The Morgan fingerprint density at radius 3 is 2.76 bits per heavy atom. The Kier molecular flexibility index (Phi) is 3.61.